The lowest BCUT2D eigenvalue weighted by molar-refractivity contribution is 0.0922. The van der Waals surface area contributed by atoms with Crippen molar-refractivity contribution in [3.8, 4) is 16.9 Å². The van der Waals surface area contributed by atoms with Crippen LogP contribution in [0.3, 0.4) is 0 Å². The smallest absolute Gasteiger partial charge is 0.270 e. The van der Waals surface area contributed by atoms with E-state index >= 15 is 0 Å². The van der Waals surface area contributed by atoms with Gasteiger partial charge in [0, 0.05) is 11.6 Å². The Hall–Kier alpha value is -2.66. The maximum Gasteiger partial charge on any atom is 0.270 e. The molecule has 0 saturated heterocycles. The predicted octanol–water partition coefficient (Wildman–Crippen LogP) is 5.11. The molecule has 1 heterocycles. The quantitative estimate of drug-likeness (QED) is 0.663. The van der Waals surface area contributed by atoms with E-state index in [4.69, 9.17) is 11.6 Å². The first-order valence-corrected chi connectivity index (χ1v) is 9.16. The Labute approximate surface area is 163 Å². The Morgan fingerprint density at radius 1 is 1.11 bits per heavy atom. The summed E-state index contributed by atoms with van der Waals surface area (Å²) < 4.78 is 14.8. The predicted molar refractivity (Wildman–Crippen MR) is 106 cm³/mol. The van der Waals surface area contributed by atoms with E-state index in [1.165, 1.54) is 16.8 Å². The van der Waals surface area contributed by atoms with Crippen molar-refractivity contribution < 1.29 is 9.18 Å². The fourth-order valence-electron chi connectivity index (χ4n) is 2.57. The highest BCUT2D eigenvalue weighted by atomic mass is 35.5. The third-order valence-electron chi connectivity index (χ3n) is 4.52. The molecule has 0 aliphatic carbocycles. The number of hydrogen-bond donors (Lipinski definition) is 1. The van der Waals surface area contributed by atoms with Crippen molar-refractivity contribution in [2.75, 3.05) is 0 Å². The van der Waals surface area contributed by atoms with Gasteiger partial charge in [-0.1, -0.05) is 43.6 Å². The molecular formula is C21H21ClFN3O. The van der Waals surface area contributed by atoms with Crippen LogP contribution in [-0.4, -0.2) is 21.7 Å². The summed E-state index contributed by atoms with van der Waals surface area (Å²) in [5.74, 6) is -0.304. The number of amides is 1. The van der Waals surface area contributed by atoms with Gasteiger partial charge in [0.25, 0.3) is 5.91 Å². The average Bonchev–Trinajstić information content (AvgIpc) is 3.07. The molecule has 1 N–H and O–H groups in total. The number of nitrogens with zero attached hydrogens (tertiary/aromatic N) is 2. The van der Waals surface area contributed by atoms with Crippen molar-refractivity contribution in [1.29, 1.82) is 0 Å². The van der Waals surface area contributed by atoms with Crippen molar-refractivity contribution in [3.63, 3.8) is 0 Å². The van der Waals surface area contributed by atoms with Crippen LogP contribution < -0.4 is 5.32 Å². The topological polar surface area (TPSA) is 46.9 Å². The maximum atomic E-state index is 13.3. The monoisotopic (exact) mass is 385 g/mol. The minimum absolute atomic E-state index is 0.00201. The molecule has 2 aromatic carbocycles. The van der Waals surface area contributed by atoms with Gasteiger partial charge < -0.3 is 5.32 Å². The fraction of sp³-hybridized carbons (Fsp3) is 0.238. The molecule has 0 fully saturated rings. The number of benzene rings is 2. The second-order valence-corrected chi connectivity index (χ2v) is 7.20. The van der Waals surface area contributed by atoms with Crippen molar-refractivity contribution >= 4 is 17.5 Å². The van der Waals surface area contributed by atoms with Gasteiger partial charge in [-0.25, -0.2) is 9.07 Å². The minimum Gasteiger partial charge on any atom is -0.348 e. The molecule has 140 valence electrons. The van der Waals surface area contributed by atoms with E-state index in [9.17, 15) is 9.18 Å². The van der Waals surface area contributed by atoms with E-state index in [2.05, 4.69) is 10.4 Å². The highest BCUT2D eigenvalue weighted by Gasteiger charge is 2.21. The summed E-state index contributed by atoms with van der Waals surface area (Å²) in [5, 5.41) is 8.10. The van der Waals surface area contributed by atoms with Crippen LogP contribution in [0.15, 0.2) is 54.6 Å². The summed E-state index contributed by atoms with van der Waals surface area (Å²) in [6, 6.07) is 14.9. The first-order valence-electron chi connectivity index (χ1n) is 8.78. The Kier molecular flexibility index (Phi) is 5.61. The number of carbonyl (C=O) groups excluding carboxylic acids is 1. The van der Waals surface area contributed by atoms with Gasteiger partial charge in [-0.15, -0.1) is 0 Å². The molecule has 0 aliphatic rings. The summed E-state index contributed by atoms with van der Waals surface area (Å²) in [7, 11) is 0. The highest BCUT2D eigenvalue weighted by Crippen LogP contribution is 2.28. The molecule has 0 bridgehead atoms. The lowest BCUT2D eigenvalue weighted by Crippen LogP contribution is -2.37. The zero-order valence-electron chi connectivity index (χ0n) is 15.4. The van der Waals surface area contributed by atoms with Crippen LogP contribution in [0.2, 0.25) is 5.02 Å². The first-order chi connectivity index (χ1) is 12.9. The normalized spacial score (nSPS) is 12.2. The van der Waals surface area contributed by atoms with E-state index < -0.39 is 0 Å². The second-order valence-electron chi connectivity index (χ2n) is 6.79. The summed E-state index contributed by atoms with van der Waals surface area (Å²) in [6.07, 6.45) is 0. The van der Waals surface area contributed by atoms with Crippen LogP contribution in [0, 0.1) is 11.7 Å². The number of hydrogen-bond acceptors (Lipinski definition) is 2. The second kappa shape index (κ2) is 7.92. The summed E-state index contributed by atoms with van der Waals surface area (Å²) in [5.41, 5.74) is 2.26. The van der Waals surface area contributed by atoms with Crippen molar-refractivity contribution in [3.05, 3.63) is 71.1 Å². The molecule has 1 atom stereocenters. The lowest BCUT2D eigenvalue weighted by Gasteiger charge is -2.17. The fourth-order valence-corrected chi connectivity index (χ4v) is 2.80. The van der Waals surface area contributed by atoms with Gasteiger partial charge >= 0.3 is 0 Å². The van der Waals surface area contributed by atoms with Crippen molar-refractivity contribution in [2.45, 2.75) is 26.8 Å². The number of rotatable bonds is 5. The van der Waals surface area contributed by atoms with E-state index in [-0.39, 0.29) is 17.8 Å². The third-order valence-corrected chi connectivity index (χ3v) is 4.85. The Morgan fingerprint density at radius 2 is 1.78 bits per heavy atom. The van der Waals surface area contributed by atoms with Gasteiger partial charge in [-0.05, 0) is 49.2 Å². The number of aromatic nitrogens is 2. The number of nitrogens with one attached hydrogen (secondary N) is 1. The average molecular weight is 386 g/mol. The summed E-state index contributed by atoms with van der Waals surface area (Å²) in [6.45, 7) is 6.03. The number of halogens is 2. The van der Waals surface area contributed by atoms with Crippen LogP contribution in [0.5, 0.6) is 0 Å². The molecule has 3 aromatic rings. The van der Waals surface area contributed by atoms with Gasteiger partial charge in [-0.3, -0.25) is 4.79 Å². The molecular weight excluding hydrogens is 365 g/mol. The summed E-state index contributed by atoms with van der Waals surface area (Å²) in [4.78, 5) is 12.9. The van der Waals surface area contributed by atoms with Crippen LogP contribution in [0.25, 0.3) is 16.9 Å². The minimum atomic E-state index is -0.350. The van der Waals surface area contributed by atoms with Crippen molar-refractivity contribution in [2.24, 2.45) is 5.92 Å². The van der Waals surface area contributed by atoms with Crippen LogP contribution >= 0.6 is 11.6 Å². The number of carbonyl (C=O) groups is 1. The highest BCUT2D eigenvalue weighted by molar-refractivity contribution is 6.33. The van der Waals surface area contributed by atoms with Gasteiger partial charge in [0.2, 0.25) is 0 Å². The van der Waals surface area contributed by atoms with E-state index in [0.29, 0.717) is 28.0 Å². The lowest BCUT2D eigenvalue weighted by atomic mass is 10.1. The molecule has 0 aliphatic heterocycles. The Morgan fingerprint density at radius 3 is 2.41 bits per heavy atom. The molecule has 3 rings (SSSR count). The zero-order chi connectivity index (χ0) is 19.6. The third kappa shape index (κ3) is 4.19. The van der Waals surface area contributed by atoms with Crippen LogP contribution in [0.4, 0.5) is 4.39 Å². The molecule has 0 unspecified atom stereocenters. The van der Waals surface area contributed by atoms with Gasteiger partial charge in [0.05, 0.1) is 16.4 Å². The van der Waals surface area contributed by atoms with Gasteiger partial charge in [0.15, 0.2) is 0 Å². The zero-order valence-corrected chi connectivity index (χ0v) is 16.2. The summed E-state index contributed by atoms with van der Waals surface area (Å²) >= 11 is 6.29. The van der Waals surface area contributed by atoms with Crippen molar-refractivity contribution in [1.82, 2.24) is 15.1 Å². The molecule has 27 heavy (non-hydrogen) atoms. The largest absolute Gasteiger partial charge is 0.348 e. The van der Waals surface area contributed by atoms with E-state index in [0.717, 1.165) is 5.56 Å². The van der Waals surface area contributed by atoms with Crippen LogP contribution in [-0.2, 0) is 0 Å². The Balaban J connectivity index is 2.08. The first kappa shape index (κ1) is 19.1. The molecule has 4 nitrogen and oxygen atoms in total. The molecule has 0 radical (unpaired) electrons. The van der Waals surface area contributed by atoms with Gasteiger partial charge in [0.1, 0.15) is 11.5 Å². The molecule has 6 heteroatoms. The van der Waals surface area contributed by atoms with Crippen LogP contribution in [0.1, 0.15) is 31.3 Å². The van der Waals surface area contributed by atoms with E-state index in [1.807, 2.05) is 39.0 Å². The van der Waals surface area contributed by atoms with E-state index in [1.54, 1.807) is 24.3 Å². The molecule has 1 aromatic heterocycles. The molecule has 0 spiro atoms. The molecule has 1 amide bonds. The molecule has 0 saturated carbocycles. The maximum absolute atomic E-state index is 13.3. The standard InChI is InChI=1S/C21H21ClFN3O/c1-13(2)14(3)24-21(27)20-12-19(17-6-4-5-7-18(17)22)25-26(20)16-10-8-15(23)9-11-16/h4-14H,1-3H3,(H,24,27)/t14-/m1/s1. The van der Waals surface area contributed by atoms with Gasteiger partial charge in [-0.2, -0.15) is 5.10 Å². The Bertz CT molecular complexity index is 950. The SMILES string of the molecule is CC(C)[C@@H](C)NC(=O)c1cc(-c2ccccc2Cl)nn1-c1ccc(F)cc1.